The molecule has 0 bridgehead atoms. The number of aromatic nitrogens is 1. The molecule has 6 heteroatoms. The Morgan fingerprint density at radius 2 is 2.13 bits per heavy atom. The zero-order chi connectivity index (χ0) is 17.2. The molecule has 128 valence electrons. The van der Waals surface area contributed by atoms with E-state index in [4.69, 9.17) is 9.47 Å². The lowest BCUT2D eigenvalue weighted by molar-refractivity contribution is 0.0361. The molecule has 23 heavy (non-hydrogen) atoms. The fourth-order valence-electron chi connectivity index (χ4n) is 2.75. The Morgan fingerprint density at radius 1 is 1.43 bits per heavy atom. The minimum absolute atomic E-state index is 0.129. The zero-order valence-corrected chi connectivity index (χ0v) is 15.7. The van der Waals surface area contributed by atoms with Crippen molar-refractivity contribution < 1.29 is 19.1 Å². The van der Waals surface area contributed by atoms with Gasteiger partial charge in [0.1, 0.15) is 12.4 Å². The molecule has 1 atom stereocenters. The number of ether oxygens (including phenoxy) is 2. The summed E-state index contributed by atoms with van der Waals surface area (Å²) in [4.78, 5) is 23.6. The molecular formula is C17H27NO4Si. The third-order valence-corrected chi connectivity index (χ3v) is 5.99. The van der Waals surface area contributed by atoms with Gasteiger partial charge in [0.25, 0.3) is 0 Å². The van der Waals surface area contributed by atoms with Gasteiger partial charge in [0.15, 0.2) is 6.29 Å². The average molecular weight is 337 g/mol. The molecule has 0 saturated carbocycles. The van der Waals surface area contributed by atoms with Crippen LogP contribution in [0.15, 0.2) is 6.07 Å². The van der Waals surface area contributed by atoms with Gasteiger partial charge < -0.3 is 14.0 Å². The molecule has 0 unspecified atom stereocenters. The molecule has 1 aromatic heterocycles. The number of esters is 1. The summed E-state index contributed by atoms with van der Waals surface area (Å²) < 4.78 is 12.7. The Kier molecular flexibility index (Phi) is 5.47. The van der Waals surface area contributed by atoms with E-state index in [0.29, 0.717) is 30.5 Å². The fourth-order valence-corrected chi connectivity index (χ4v) is 3.50. The maximum atomic E-state index is 12.2. The highest BCUT2D eigenvalue weighted by molar-refractivity contribution is 6.76. The zero-order valence-electron chi connectivity index (χ0n) is 14.7. The SMILES string of the molecule is CC(C)[C@H]1COC(=O)c2c1cc(C=O)n2COCC[Si](C)(C)C. The lowest BCUT2D eigenvalue weighted by Gasteiger charge is -2.26. The van der Waals surface area contributed by atoms with Crippen LogP contribution in [0.2, 0.25) is 25.7 Å². The molecule has 1 aliphatic heterocycles. The van der Waals surface area contributed by atoms with Gasteiger partial charge in [0.05, 0.1) is 12.3 Å². The molecular weight excluding hydrogens is 310 g/mol. The molecule has 0 fully saturated rings. The van der Waals surface area contributed by atoms with Crippen molar-refractivity contribution in [1.82, 2.24) is 4.57 Å². The van der Waals surface area contributed by atoms with E-state index in [-0.39, 0.29) is 18.6 Å². The van der Waals surface area contributed by atoms with Crippen molar-refractivity contribution >= 4 is 20.3 Å². The Balaban J connectivity index is 2.22. The second-order valence-corrected chi connectivity index (χ2v) is 13.3. The molecule has 0 aromatic carbocycles. The molecule has 0 saturated heterocycles. The van der Waals surface area contributed by atoms with Gasteiger partial charge in [0.2, 0.25) is 0 Å². The number of carbonyl (C=O) groups is 2. The van der Waals surface area contributed by atoms with E-state index >= 15 is 0 Å². The molecule has 0 amide bonds. The highest BCUT2D eigenvalue weighted by atomic mass is 28.3. The third kappa shape index (κ3) is 4.12. The van der Waals surface area contributed by atoms with Crippen LogP contribution in [0.1, 0.15) is 46.3 Å². The molecule has 0 radical (unpaired) electrons. The second kappa shape index (κ2) is 7.01. The largest absolute Gasteiger partial charge is 0.460 e. The van der Waals surface area contributed by atoms with Crippen LogP contribution in [0.25, 0.3) is 0 Å². The van der Waals surface area contributed by atoms with Crippen molar-refractivity contribution in [2.75, 3.05) is 13.2 Å². The van der Waals surface area contributed by atoms with Gasteiger partial charge in [-0.25, -0.2) is 4.79 Å². The monoisotopic (exact) mass is 337 g/mol. The Labute approximate surface area is 139 Å². The van der Waals surface area contributed by atoms with Gasteiger partial charge >= 0.3 is 5.97 Å². The standard InChI is InChI=1S/C17H27NO4Si/c1-12(2)15-10-22-17(20)16-14(15)8-13(9-19)18(16)11-21-6-7-23(3,4)5/h8-9,12,15H,6-7,10-11H2,1-5H3/t15-/m1/s1. The van der Waals surface area contributed by atoms with Crippen molar-refractivity contribution in [1.29, 1.82) is 0 Å². The maximum absolute atomic E-state index is 12.2. The number of carbonyl (C=O) groups excluding carboxylic acids is 2. The molecule has 2 rings (SSSR count). The normalized spacial score (nSPS) is 18.0. The summed E-state index contributed by atoms with van der Waals surface area (Å²) in [5.74, 6) is 0.105. The Bertz CT molecular complexity index is 586. The Morgan fingerprint density at radius 3 is 2.70 bits per heavy atom. The summed E-state index contributed by atoms with van der Waals surface area (Å²) in [5, 5.41) is 0. The van der Waals surface area contributed by atoms with E-state index in [0.717, 1.165) is 17.9 Å². The van der Waals surface area contributed by atoms with Gasteiger partial charge in [0, 0.05) is 20.6 Å². The smallest absolute Gasteiger partial charge is 0.355 e. The van der Waals surface area contributed by atoms with Crippen molar-refractivity contribution in [3.05, 3.63) is 23.0 Å². The van der Waals surface area contributed by atoms with Crippen molar-refractivity contribution in [3.8, 4) is 0 Å². The lowest BCUT2D eigenvalue weighted by Crippen LogP contribution is -2.28. The molecule has 2 heterocycles. The fraction of sp³-hybridized carbons (Fsp3) is 0.647. The molecule has 0 N–H and O–H groups in total. The molecule has 0 spiro atoms. The number of hydrogen-bond donors (Lipinski definition) is 0. The van der Waals surface area contributed by atoms with Gasteiger partial charge in [-0.15, -0.1) is 0 Å². The number of cyclic esters (lactones) is 1. The molecule has 1 aliphatic rings. The van der Waals surface area contributed by atoms with E-state index in [9.17, 15) is 9.59 Å². The van der Waals surface area contributed by atoms with Crippen LogP contribution in [0.4, 0.5) is 0 Å². The maximum Gasteiger partial charge on any atom is 0.355 e. The van der Waals surface area contributed by atoms with Gasteiger partial charge in [-0.05, 0) is 23.6 Å². The van der Waals surface area contributed by atoms with Gasteiger partial charge in [-0.3, -0.25) is 4.79 Å². The first kappa shape index (κ1) is 17.9. The average Bonchev–Trinajstić information content (AvgIpc) is 2.82. The minimum atomic E-state index is -1.16. The van der Waals surface area contributed by atoms with E-state index in [1.165, 1.54) is 0 Å². The van der Waals surface area contributed by atoms with E-state index in [1.807, 2.05) is 6.07 Å². The van der Waals surface area contributed by atoms with Gasteiger partial charge in [-0.1, -0.05) is 33.5 Å². The van der Waals surface area contributed by atoms with Crippen LogP contribution in [-0.2, 0) is 16.2 Å². The van der Waals surface area contributed by atoms with Crippen molar-refractivity contribution in [3.63, 3.8) is 0 Å². The first-order valence-corrected chi connectivity index (χ1v) is 11.9. The van der Waals surface area contributed by atoms with E-state index in [1.54, 1.807) is 4.57 Å². The summed E-state index contributed by atoms with van der Waals surface area (Å²) in [5.41, 5.74) is 1.87. The molecule has 5 nitrogen and oxygen atoms in total. The van der Waals surface area contributed by atoms with Crippen molar-refractivity contribution in [2.24, 2.45) is 5.92 Å². The number of hydrogen-bond acceptors (Lipinski definition) is 4. The van der Waals surface area contributed by atoms with Crippen LogP contribution >= 0.6 is 0 Å². The quantitative estimate of drug-likeness (QED) is 0.331. The van der Waals surface area contributed by atoms with Crippen LogP contribution in [0.3, 0.4) is 0 Å². The second-order valence-electron chi connectivity index (χ2n) is 7.72. The number of nitrogens with zero attached hydrogens (tertiary/aromatic N) is 1. The summed E-state index contributed by atoms with van der Waals surface area (Å²) in [7, 11) is -1.16. The lowest BCUT2D eigenvalue weighted by atomic mass is 9.87. The van der Waals surface area contributed by atoms with Crippen LogP contribution in [0, 0.1) is 5.92 Å². The van der Waals surface area contributed by atoms with Gasteiger partial charge in [-0.2, -0.15) is 0 Å². The minimum Gasteiger partial charge on any atom is -0.460 e. The van der Waals surface area contributed by atoms with E-state index < -0.39 is 8.07 Å². The number of aldehydes is 1. The highest BCUT2D eigenvalue weighted by Crippen LogP contribution is 2.34. The summed E-state index contributed by atoms with van der Waals surface area (Å²) in [6, 6.07) is 2.86. The molecule has 0 aliphatic carbocycles. The van der Waals surface area contributed by atoms with E-state index in [2.05, 4.69) is 33.5 Å². The van der Waals surface area contributed by atoms with Crippen LogP contribution in [-0.4, -0.2) is 38.1 Å². The summed E-state index contributed by atoms with van der Waals surface area (Å²) >= 11 is 0. The van der Waals surface area contributed by atoms with Crippen molar-refractivity contribution in [2.45, 2.75) is 52.2 Å². The van der Waals surface area contributed by atoms with Crippen LogP contribution in [0.5, 0.6) is 0 Å². The first-order chi connectivity index (χ1) is 10.7. The highest BCUT2D eigenvalue weighted by Gasteiger charge is 2.34. The summed E-state index contributed by atoms with van der Waals surface area (Å²) in [6.07, 6.45) is 0.783. The third-order valence-electron chi connectivity index (χ3n) is 4.29. The number of rotatable bonds is 7. The van der Waals surface area contributed by atoms with Crippen LogP contribution < -0.4 is 0 Å². The Hall–Kier alpha value is -1.40. The first-order valence-electron chi connectivity index (χ1n) is 8.18. The number of fused-ring (bicyclic) bond motifs is 1. The molecule has 1 aromatic rings. The summed E-state index contributed by atoms with van der Waals surface area (Å²) in [6.45, 7) is 12.3. The predicted octanol–water partition coefficient (Wildman–Crippen LogP) is 3.52. The predicted molar refractivity (Wildman–Crippen MR) is 91.8 cm³/mol. The topological polar surface area (TPSA) is 57.5 Å².